The molecular formula is C18H20ClF3N2O. The summed E-state index contributed by atoms with van der Waals surface area (Å²) in [6, 6.07) is 12.9. The fourth-order valence-electron chi connectivity index (χ4n) is 2.33. The maximum absolute atomic E-state index is 12.6. The van der Waals surface area contributed by atoms with Crippen LogP contribution in [-0.2, 0) is 17.4 Å². The Balaban J connectivity index is 0.00000312. The van der Waals surface area contributed by atoms with Crippen molar-refractivity contribution in [1.29, 1.82) is 0 Å². The average Bonchev–Trinajstić information content (AvgIpc) is 2.55. The fourth-order valence-corrected chi connectivity index (χ4v) is 2.33. The predicted molar refractivity (Wildman–Crippen MR) is 93.4 cm³/mol. The number of benzene rings is 2. The molecule has 0 aliphatic carbocycles. The highest BCUT2D eigenvalue weighted by Crippen LogP contribution is 2.29. The molecular weight excluding hydrogens is 353 g/mol. The lowest BCUT2D eigenvalue weighted by Crippen LogP contribution is -2.42. The Morgan fingerprint density at radius 2 is 1.64 bits per heavy atom. The van der Waals surface area contributed by atoms with E-state index >= 15 is 0 Å². The summed E-state index contributed by atoms with van der Waals surface area (Å²) in [5.74, 6) is -0.341. The molecule has 2 aromatic rings. The summed E-state index contributed by atoms with van der Waals surface area (Å²) in [4.78, 5) is 12.1. The Bertz CT molecular complexity index is 675. The largest absolute Gasteiger partial charge is 0.416 e. The van der Waals surface area contributed by atoms with Gasteiger partial charge in [-0.25, -0.2) is 0 Å². The van der Waals surface area contributed by atoms with E-state index in [4.69, 9.17) is 5.73 Å². The zero-order chi connectivity index (χ0) is 17.7. The first-order valence-electron chi connectivity index (χ1n) is 7.54. The van der Waals surface area contributed by atoms with E-state index in [0.717, 1.165) is 17.7 Å². The highest BCUT2D eigenvalue weighted by molar-refractivity contribution is 5.85. The van der Waals surface area contributed by atoms with Crippen LogP contribution in [0.5, 0.6) is 0 Å². The van der Waals surface area contributed by atoms with Gasteiger partial charge in [-0.3, -0.25) is 4.79 Å². The lowest BCUT2D eigenvalue weighted by molar-refractivity contribution is -0.137. The molecule has 1 amide bonds. The van der Waals surface area contributed by atoms with Crippen LogP contribution in [0.1, 0.15) is 29.7 Å². The molecule has 136 valence electrons. The number of nitrogens with two attached hydrogens (primary N) is 1. The number of amides is 1. The topological polar surface area (TPSA) is 55.1 Å². The Labute approximate surface area is 150 Å². The quantitative estimate of drug-likeness (QED) is 0.837. The van der Waals surface area contributed by atoms with Crippen LogP contribution in [0.2, 0.25) is 0 Å². The number of carbonyl (C=O) groups excluding carboxylic acids is 1. The molecule has 0 fully saturated rings. The standard InChI is InChI=1S/C18H19F3N2O.ClH/c1-12(14-7-9-15(10-8-14)18(19,20)21)23-17(24)16(22)11-13-5-3-2-4-6-13;/h2-10,12,16H,11,22H2,1H3,(H,23,24);1H/t12?,16-;/m0./s1. The SMILES string of the molecule is CC(NC(=O)[C@@H](N)Cc1ccccc1)c1ccc(C(F)(F)F)cc1.Cl. The summed E-state index contributed by atoms with van der Waals surface area (Å²) >= 11 is 0. The zero-order valence-corrected chi connectivity index (χ0v) is 14.4. The van der Waals surface area contributed by atoms with Gasteiger partial charge >= 0.3 is 6.18 Å². The summed E-state index contributed by atoms with van der Waals surface area (Å²) < 4.78 is 37.7. The van der Waals surface area contributed by atoms with Gasteiger partial charge in [0.2, 0.25) is 5.91 Å². The molecule has 25 heavy (non-hydrogen) atoms. The van der Waals surface area contributed by atoms with Crippen molar-refractivity contribution in [3.63, 3.8) is 0 Å². The van der Waals surface area contributed by atoms with Crippen LogP contribution >= 0.6 is 12.4 Å². The number of hydrogen-bond acceptors (Lipinski definition) is 2. The van der Waals surface area contributed by atoms with E-state index in [1.54, 1.807) is 6.92 Å². The van der Waals surface area contributed by atoms with Crippen LogP contribution in [0.15, 0.2) is 54.6 Å². The van der Waals surface area contributed by atoms with Crippen LogP contribution in [0.3, 0.4) is 0 Å². The Kier molecular flexibility index (Phi) is 7.45. The number of halogens is 4. The minimum Gasteiger partial charge on any atom is -0.348 e. The van der Waals surface area contributed by atoms with E-state index in [1.165, 1.54) is 12.1 Å². The number of carbonyl (C=O) groups is 1. The summed E-state index contributed by atoms with van der Waals surface area (Å²) in [6.07, 6.45) is -3.98. The molecule has 1 unspecified atom stereocenters. The maximum Gasteiger partial charge on any atom is 0.416 e. The highest BCUT2D eigenvalue weighted by atomic mass is 35.5. The molecule has 0 bridgehead atoms. The van der Waals surface area contributed by atoms with Crippen molar-refractivity contribution in [3.05, 3.63) is 71.3 Å². The van der Waals surface area contributed by atoms with Crippen molar-refractivity contribution in [2.24, 2.45) is 5.73 Å². The van der Waals surface area contributed by atoms with E-state index < -0.39 is 23.8 Å². The minimum absolute atomic E-state index is 0. The molecule has 2 aromatic carbocycles. The number of nitrogens with one attached hydrogen (secondary N) is 1. The van der Waals surface area contributed by atoms with Gasteiger partial charge in [-0.2, -0.15) is 13.2 Å². The second kappa shape index (κ2) is 8.87. The van der Waals surface area contributed by atoms with Gasteiger partial charge in [0.05, 0.1) is 17.6 Å². The van der Waals surface area contributed by atoms with Crippen molar-refractivity contribution >= 4 is 18.3 Å². The van der Waals surface area contributed by atoms with Crippen molar-refractivity contribution in [2.75, 3.05) is 0 Å². The van der Waals surface area contributed by atoms with Gasteiger partial charge in [-0.05, 0) is 36.6 Å². The molecule has 0 heterocycles. The molecule has 0 radical (unpaired) electrons. The molecule has 2 rings (SSSR count). The third-order valence-corrected chi connectivity index (χ3v) is 3.73. The molecule has 0 spiro atoms. The smallest absolute Gasteiger partial charge is 0.348 e. The fraction of sp³-hybridized carbons (Fsp3) is 0.278. The van der Waals surface area contributed by atoms with E-state index in [1.807, 2.05) is 30.3 Å². The molecule has 0 aliphatic heterocycles. The van der Waals surface area contributed by atoms with Gasteiger partial charge in [-0.1, -0.05) is 42.5 Å². The van der Waals surface area contributed by atoms with Crippen LogP contribution < -0.4 is 11.1 Å². The van der Waals surface area contributed by atoms with Crippen molar-refractivity contribution < 1.29 is 18.0 Å². The third kappa shape index (κ3) is 6.07. The first kappa shape index (κ1) is 21.0. The van der Waals surface area contributed by atoms with Gasteiger partial charge in [0.25, 0.3) is 0 Å². The van der Waals surface area contributed by atoms with Crippen molar-refractivity contribution in [3.8, 4) is 0 Å². The summed E-state index contributed by atoms with van der Waals surface area (Å²) in [6.45, 7) is 1.70. The van der Waals surface area contributed by atoms with E-state index in [9.17, 15) is 18.0 Å². The van der Waals surface area contributed by atoms with E-state index in [2.05, 4.69) is 5.32 Å². The second-order valence-corrected chi connectivity index (χ2v) is 5.65. The van der Waals surface area contributed by atoms with Gasteiger partial charge in [0, 0.05) is 0 Å². The number of alkyl halides is 3. The Morgan fingerprint density at radius 3 is 2.16 bits per heavy atom. The van der Waals surface area contributed by atoms with Gasteiger partial charge in [-0.15, -0.1) is 12.4 Å². The van der Waals surface area contributed by atoms with Gasteiger partial charge < -0.3 is 11.1 Å². The number of rotatable bonds is 5. The first-order valence-corrected chi connectivity index (χ1v) is 7.54. The van der Waals surface area contributed by atoms with Crippen LogP contribution in [0.25, 0.3) is 0 Å². The monoisotopic (exact) mass is 372 g/mol. The summed E-state index contributed by atoms with van der Waals surface area (Å²) in [7, 11) is 0. The van der Waals surface area contributed by atoms with Crippen LogP contribution in [0, 0.1) is 0 Å². The first-order chi connectivity index (χ1) is 11.3. The zero-order valence-electron chi connectivity index (χ0n) is 13.6. The number of hydrogen-bond donors (Lipinski definition) is 2. The molecule has 0 aromatic heterocycles. The molecule has 0 saturated carbocycles. The van der Waals surface area contributed by atoms with E-state index in [-0.39, 0.29) is 18.3 Å². The Morgan fingerprint density at radius 1 is 1.08 bits per heavy atom. The maximum atomic E-state index is 12.6. The minimum atomic E-state index is -4.37. The van der Waals surface area contributed by atoms with Crippen molar-refractivity contribution in [1.82, 2.24) is 5.32 Å². The molecule has 3 nitrogen and oxygen atoms in total. The molecule has 3 N–H and O–H groups in total. The lowest BCUT2D eigenvalue weighted by Gasteiger charge is -2.18. The second-order valence-electron chi connectivity index (χ2n) is 5.65. The molecule has 2 atom stereocenters. The predicted octanol–water partition coefficient (Wildman–Crippen LogP) is 3.87. The molecule has 7 heteroatoms. The highest BCUT2D eigenvalue weighted by Gasteiger charge is 2.30. The summed E-state index contributed by atoms with van der Waals surface area (Å²) in [5, 5.41) is 2.73. The lowest BCUT2D eigenvalue weighted by atomic mass is 10.0. The Hall–Kier alpha value is -2.05. The van der Waals surface area contributed by atoms with Gasteiger partial charge in [0.1, 0.15) is 0 Å². The molecule has 0 aliphatic rings. The van der Waals surface area contributed by atoms with E-state index in [0.29, 0.717) is 12.0 Å². The molecule has 0 saturated heterocycles. The van der Waals surface area contributed by atoms with Crippen LogP contribution in [-0.4, -0.2) is 11.9 Å². The normalized spacial score (nSPS) is 13.5. The van der Waals surface area contributed by atoms with Gasteiger partial charge in [0.15, 0.2) is 0 Å². The summed E-state index contributed by atoms with van der Waals surface area (Å²) in [5.41, 5.74) is 6.71. The average molecular weight is 373 g/mol. The third-order valence-electron chi connectivity index (χ3n) is 3.73. The van der Waals surface area contributed by atoms with Crippen molar-refractivity contribution in [2.45, 2.75) is 31.6 Å². The van der Waals surface area contributed by atoms with Crippen LogP contribution in [0.4, 0.5) is 13.2 Å².